The molecule has 0 aromatic heterocycles. The maximum Gasteiger partial charge on any atom is 0.0212 e. The lowest BCUT2D eigenvalue weighted by Gasteiger charge is -1.91. The Morgan fingerprint density at radius 2 is 2.20 bits per heavy atom. The Balaban J connectivity index is 3.04. The summed E-state index contributed by atoms with van der Waals surface area (Å²) in [5, 5.41) is 3.12. The van der Waals surface area contributed by atoms with E-state index in [1.807, 2.05) is 18.2 Å². The highest BCUT2D eigenvalue weighted by Gasteiger charge is 1.74. The van der Waals surface area contributed by atoms with E-state index >= 15 is 0 Å². The molecular weight excluding hydrogens is 124 g/mol. The minimum Gasteiger partial charge on any atom is -0.327 e. The average Bonchev–Trinajstić information content (AvgIpc) is 1.97. The van der Waals surface area contributed by atoms with Gasteiger partial charge in [-0.2, -0.15) is 0 Å². The summed E-state index contributed by atoms with van der Waals surface area (Å²) in [6.45, 7) is 5.72. The van der Waals surface area contributed by atoms with Crippen LogP contribution in [0.5, 0.6) is 0 Å². The minimum absolute atomic E-state index is 0.610. The van der Waals surface area contributed by atoms with Gasteiger partial charge >= 0.3 is 0 Å². The van der Waals surface area contributed by atoms with Crippen LogP contribution in [0.15, 0.2) is 30.5 Å². The first kappa shape index (κ1) is 9.18. The minimum atomic E-state index is 0.610. The summed E-state index contributed by atoms with van der Waals surface area (Å²) in [4.78, 5) is 0. The van der Waals surface area contributed by atoms with E-state index in [0.29, 0.717) is 6.54 Å². The first-order valence-electron chi connectivity index (χ1n) is 3.32. The molecule has 0 amide bonds. The van der Waals surface area contributed by atoms with E-state index in [-0.39, 0.29) is 0 Å². The number of hydrogen-bond donors (Lipinski definition) is 2. The molecule has 0 heterocycles. The van der Waals surface area contributed by atoms with Crippen LogP contribution in [-0.4, -0.2) is 19.6 Å². The lowest BCUT2D eigenvalue weighted by atomic mass is 10.5. The van der Waals surface area contributed by atoms with Crippen LogP contribution in [0.25, 0.3) is 0 Å². The van der Waals surface area contributed by atoms with E-state index in [4.69, 9.17) is 5.73 Å². The van der Waals surface area contributed by atoms with E-state index in [9.17, 15) is 0 Å². The van der Waals surface area contributed by atoms with Gasteiger partial charge in [-0.3, -0.25) is 0 Å². The molecule has 0 saturated heterocycles. The first-order valence-corrected chi connectivity index (χ1v) is 3.32. The van der Waals surface area contributed by atoms with Crippen molar-refractivity contribution in [3.63, 3.8) is 0 Å². The second-order valence-electron chi connectivity index (χ2n) is 1.77. The zero-order valence-corrected chi connectivity index (χ0v) is 6.14. The number of hydrogen-bond acceptors (Lipinski definition) is 2. The third kappa shape index (κ3) is 7.18. The Bertz CT molecular complexity index is 132. The molecule has 0 rings (SSSR count). The quantitative estimate of drug-likeness (QED) is 0.328. The molecule has 0 unspecified atom stereocenters. The summed E-state index contributed by atoms with van der Waals surface area (Å²) >= 11 is 0. The monoisotopic (exact) mass is 138 g/mol. The summed E-state index contributed by atoms with van der Waals surface area (Å²) in [7, 11) is 0. The third-order valence-electron chi connectivity index (χ3n) is 0.956. The average molecular weight is 138 g/mol. The molecule has 2 heteroatoms. The van der Waals surface area contributed by atoms with Crippen LogP contribution in [0.3, 0.4) is 0 Å². The Kier molecular flexibility index (Phi) is 7.51. The molecule has 0 aliphatic rings. The molecule has 0 bridgehead atoms. The third-order valence-corrected chi connectivity index (χ3v) is 0.956. The standard InChI is InChI=1S/C8H14N2/c1-2-3-7-10-8-5-4-6-9/h3-5,10H,1,6-9H2/b5-4+. The van der Waals surface area contributed by atoms with Crippen LogP contribution in [0.2, 0.25) is 0 Å². The summed E-state index contributed by atoms with van der Waals surface area (Å²) in [5.41, 5.74) is 7.90. The Labute approximate surface area is 62.1 Å². The Hall–Kier alpha value is -0.820. The summed E-state index contributed by atoms with van der Waals surface area (Å²) < 4.78 is 0. The predicted molar refractivity (Wildman–Crippen MR) is 44.8 cm³/mol. The molecule has 0 aliphatic carbocycles. The van der Waals surface area contributed by atoms with Crippen molar-refractivity contribution in [2.45, 2.75) is 0 Å². The van der Waals surface area contributed by atoms with Crippen molar-refractivity contribution in [3.05, 3.63) is 30.5 Å². The van der Waals surface area contributed by atoms with Crippen molar-refractivity contribution in [1.29, 1.82) is 0 Å². The Morgan fingerprint density at radius 1 is 1.40 bits per heavy atom. The van der Waals surface area contributed by atoms with Gasteiger partial charge in [-0.05, 0) is 6.08 Å². The van der Waals surface area contributed by atoms with E-state index in [0.717, 1.165) is 13.1 Å². The second kappa shape index (κ2) is 8.18. The van der Waals surface area contributed by atoms with E-state index in [1.165, 1.54) is 0 Å². The normalized spacial score (nSPS) is 9.70. The number of rotatable bonds is 5. The summed E-state index contributed by atoms with van der Waals surface area (Å²) in [6.07, 6.45) is 5.76. The fourth-order valence-electron chi connectivity index (χ4n) is 0.491. The molecule has 0 spiro atoms. The van der Waals surface area contributed by atoms with Gasteiger partial charge in [0, 0.05) is 19.6 Å². The molecule has 0 aromatic carbocycles. The van der Waals surface area contributed by atoms with Crippen molar-refractivity contribution < 1.29 is 0 Å². The van der Waals surface area contributed by atoms with Gasteiger partial charge in [-0.25, -0.2) is 0 Å². The summed E-state index contributed by atoms with van der Waals surface area (Å²) in [5.74, 6) is 0. The maximum absolute atomic E-state index is 5.22. The molecule has 0 atom stereocenters. The van der Waals surface area contributed by atoms with Crippen LogP contribution < -0.4 is 11.1 Å². The number of nitrogens with two attached hydrogens (primary N) is 1. The van der Waals surface area contributed by atoms with Crippen molar-refractivity contribution in [2.75, 3.05) is 19.6 Å². The molecule has 2 nitrogen and oxygen atoms in total. The number of nitrogens with one attached hydrogen (secondary N) is 1. The van der Waals surface area contributed by atoms with Crippen LogP contribution in [-0.2, 0) is 0 Å². The predicted octanol–water partition coefficient (Wildman–Crippen LogP) is 0.432. The highest BCUT2D eigenvalue weighted by molar-refractivity contribution is 4.86. The lowest BCUT2D eigenvalue weighted by Crippen LogP contribution is -2.12. The van der Waals surface area contributed by atoms with Gasteiger partial charge in [0.1, 0.15) is 0 Å². The van der Waals surface area contributed by atoms with Gasteiger partial charge in [-0.15, -0.1) is 5.73 Å². The molecule has 3 N–H and O–H groups in total. The second-order valence-corrected chi connectivity index (χ2v) is 1.77. The van der Waals surface area contributed by atoms with Crippen LogP contribution in [0.1, 0.15) is 0 Å². The zero-order chi connectivity index (χ0) is 7.66. The van der Waals surface area contributed by atoms with Crippen LogP contribution in [0, 0.1) is 0 Å². The molecule has 0 saturated carbocycles. The molecule has 0 aromatic rings. The van der Waals surface area contributed by atoms with E-state index in [1.54, 1.807) is 0 Å². The van der Waals surface area contributed by atoms with Crippen molar-refractivity contribution in [3.8, 4) is 0 Å². The molecule has 0 fully saturated rings. The van der Waals surface area contributed by atoms with Gasteiger partial charge in [0.15, 0.2) is 0 Å². The fourth-order valence-corrected chi connectivity index (χ4v) is 0.491. The van der Waals surface area contributed by atoms with E-state index < -0.39 is 0 Å². The van der Waals surface area contributed by atoms with Crippen molar-refractivity contribution >= 4 is 0 Å². The molecular formula is C8H14N2. The smallest absolute Gasteiger partial charge is 0.0212 e. The van der Waals surface area contributed by atoms with Gasteiger partial charge in [-0.1, -0.05) is 18.7 Å². The van der Waals surface area contributed by atoms with Gasteiger partial charge in [0.2, 0.25) is 0 Å². The topological polar surface area (TPSA) is 38.0 Å². The van der Waals surface area contributed by atoms with Crippen LogP contribution >= 0.6 is 0 Å². The van der Waals surface area contributed by atoms with Crippen molar-refractivity contribution in [1.82, 2.24) is 5.32 Å². The summed E-state index contributed by atoms with van der Waals surface area (Å²) in [6, 6.07) is 0. The fraction of sp³-hybridized carbons (Fsp3) is 0.375. The largest absolute Gasteiger partial charge is 0.327 e. The first-order chi connectivity index (χ1) is 4.91. The highest BCUT2D eigenvalue weighted by atomic mass is 14.8. The van der Waals surface area contributed by atoms with Gasteiger partial charge < -0.3 is 11.1 Å². The van der Waals surface area contributed by atoms with Crippen LogP contribution in [0.4, 0.5) is 0 Å². The molecule has 0 radical (unpaired) electrons. The van der Waals surface area contributed by atoms with E-state index in [2.05, 4.69) is 17.6 Å². The Morgan fingerprint density at radius 3 is 2.80 bits per heavy atom. The SMILES string of the molecule is C=C=CCNC/C=C/CN. The highest BCUT2D eigenvalue weighted by Crippen LogP contribution is 1.67. The maximum atomic E-state index is 5.22. The van der Waals surface area contributed by atoms with Crippen molar-refractivity contribution in [2.24, 2.45) is 5.73 Å². The lowest BCUT2D eigenvalue weighted by molar-refractivity contribution is 0.842. The van der Waals surface area contributed by atoms with Gasteiger partial charge in [0.25, 0.3) is 0 Å². The molecule has 0 aliphatic heterocycles. The zero-order valence-electron chi connectivity index (χ0n) is 6.14. The molecule has 56 valence electrons. The van der Waals surface area contributed by atoms with Gasteiger partial charge in [0.05, 0.1) is 0 Å². The molecule has 10 heavy (non-hydrogen) atoms.